The zero-order valence-corrected chi connectivity index (χ0v) is 30.7. The molecule has 0 aromatic heterocycles. The molecular weight excluding hydrogens is 673 g/mol. The molecule has 6 aromatic rings. The highest BCUT2D eigenvalue weighted by Gasteiger charge is 2.49. The normalized spacial score (nSPS) is 19.7. The molecule has 1 heterocycles. The Kier molecular flexibility index (Phi) is 13.3. The number of benzene rings is 6. The Morgan fingerprint density at radius 1 is 0.444 bits per heavy atom. The van der Waals surface area contributed by atoms with Crippen LogP contribution in [-0.2, 0) is 56.7 Å². The molecule has 0 bridgehead atoms. The van der Waals surface area contributed by atoms with E-state index < -0.39 is 30.5 Å². The molecule has 6 heteroatoms. The Labute approximate surface area is 319 Å². The van der Waals surface area contributed by atoms with E-state index in [0.717, 1.165) is 44.7 Å². The smallest absolute Gasteiger partial charge is 0.125 e. The predicted octanol–water partition coefficient (Wildman–Crippen LogP) is 9.99. The van der Waals surface area contributed by atoms with E-state index in [1.807, 2.05) is 97.1 Å². The van der Waals surface area contributed by atoms with Crippen LogP contribution in [0.1, 0.15) is 45.0 Å². The molecule has 6 nitrogen and oxygen atoms in total. The SMILES string of the molecule is Cc1ccc(OCc2ccccc2)c(C2O[C@H](COCc3ccccc3)[C@@H](OCc3ccccc3)[C@H](OCc3ccccc3)[C@H]2OCc2ccccc2)c1. The molecule has 0 radical (unpaired) electrons. The van der Waals surface area contributed by atoms with E-state index in [4.69, 9.17) is 28.4 Å². The molecular formula is C48H48O6. The van der Waals surface area contributed by atoms with Gasteiger partial charge in [-0.2, -0.15) is 0 Å². The summed E-state index contributed by atoms with van der Waals surface area (Å²) in [6, 6.07) is 57.3. The fraction of sp³-hybridized carbons (Fsp3) is 0.250. The lowest BCUT2D eigenvalue weighted by molar-refractivity contribution is -0.275. The van der Waals surface area contributed by atoms with Crippen molar-refractivity contribution >= 4 is 0 Å². The third kappa shape index (κ3) is 10.3. The number of hydrogen-bond acceptors (Lipinski definition) is 6. The average Bonchev–Trinajstić information content (AvgIpc) is 3.23. The molecule has 54 heavy (non-hydrogen) atoms. The molecule has 1 saturated heterocycles. The van der Waals surface area contributed by atoms with Crippen LogP contribution in [0.25, 0.3) is 0 Å². The standard InChI is InChI=1S/C48H48O6/c1-36-27-28-43(50-31-38-19-9-3-10-20-38)42(29-36)45-47(52-33-40-23-13-5-14-24-40)48(53-34-41-25-15-6-16-26-41)46(51-32-39-21-11-4-12-22-39)44(54-45)35-49-30-37-17-7-2-8-18-37/h2-29,44-48H,30-35H2,1H3/t44-,45?,46-,47+,48+/m1/s1. The summed E-state index contributed by atoms with van der Waals surface area (Å²) in [7, 11) is 0. The van der Waals surface area contributed by atoms with Gasteiger partial charge in [-0.3, -0.25) is 0 Å². The Balaban J connectivity index is 1.27. The van der Waals surface area contributed by atoms with Crippen LogP contribution in [-0.4, -0.2) is 31.0 Å². The van der Waals surface area contributed by atoms with Gasteiger partial charge in [0.05, 0.1) is 33.0 Å². The van der Waals surface area contributed by atoms with Gasteiger partial charge < -0.3 is 28.4 Å². The zero-order chi connectivity index (χ0) is 36.8. The molecule has 0 amide bonds. The van der Waals surface area contributed by atoms with Crippen LogP contribution in [0.15, 0.2) is 170 Å². The van der Waals surface area contributed by atoms with E-state index >= 15 is 0 Å². The minimum absolute atomic E-state index is 0.285. The monoisotopic (exact) mass is 720 g/mol. The van der Waals surface area contributed by atoms with Gasteiger partial charge in [0.1, 0.15) is 42.9 Å². The van der Waals surface area contributed by atoms with Gasteiger partial charge in [0.2, 0.25) is 0 Å². The Morgan fingerprint density at radius 3 is 1.37 bits per heavy atom. The number of ether oxygens (including phenoxy) is 6. The first-order chi connectivity index (χ1) is 26.7. The Bertz CT molecular complexity index is 1960. The van der Waals surface area contributed by atoms with Crippen molar-refractivity contribution < 1.29 is 28.4 Å². The van der Waals surface area contributed by atoms with Gasteiger partial charge in [0.25, 0.3) is 0 Å². The quantitative estimate of drug-likeness (QED) is 0.0936. The van der Waals surface area contributed by atoms with Gasteiger partial charge in [-0.1, -0.05) is 163 Å². The van der Waals surface area contributed by atoms with Crippen LogP contribution in [0, 0.1) is 6.92 Å². The van der Waals surface area contributed by atoms with Crippen molar-refractivity contribution in [2.45, 2.75) is 70.5 Å². The third-order valence-electron chi connectivity index (χ3n) is 9.59. The minimum atomic E-state index is -0.569. The molecule has 7 rings (SSSR count). The summed E-state index contributed by atoms with van der Waals surface area (Å²) in [5.74, 6) is 0.734. The molecule has 1 unspecified atom stereocenters. The fourth-order valence-electron chi connectivity index (χ4n) is 6.80. The highest BCUT2D eigenvalue weighted by atomic mass is 16.6. The van der Waals surface area contributed by atoms with Crippen LogP contribution in [0.4, 0.5) is 0 Å². The van der Waals surface area contributed by atoms with Crippen LogP contribution in [0.5, 0.6) is 5.75 Å². The van der Waals surface area contributed by atoms with Gasteiger partial charge in [-0.15, -0.1) is 0 Å². The van der Waals surface area contributed by atoms with Crippen molar-refractivity contribution in [3.05, 3.63) is 209 Å². The van der Waals surface area contributed by atoms with E-state index in [2.05, 4.69) is 79.7 Å². The van der Waals surface area contributed by atoms with Crippen molar-refractivity contribution in [1.29, 1.82) is 0 Å². The van der Waals surface area contributed by atoms with Crippen LogP contribution < -0.4 is 4.74 Å². The maximum Gasteiger partial charge on any atom is 0.125 e. The number of hydrogen-bond donors (Lipinski definition) is 0. The first kappa shape index (κ1) is 37.2. The summed E-state index contributed by atoms with van der Waals surface area (Å²) in [5.41, 5.74) is 7.32. The van der Waals surface area contributed by atoms with Crippen LogP contribution in [0.3, 0.4) is 0 Å². The minimum Gasteiger partial charge on any atom is -0.489 e. The lowest BCUT2D eigenvalue weighted by Gasteiger charge is -2.46. The van der Waals surface area contributed by atoms with Gasteiger partial charge in [-0.05, 0) is 46.9 Å². The molecule has 0 saturated carbocycles. The molecule has 5 atom stereocenters. The topological polar surface area (TPSA) is 55.4 Å². The summed E-state index contributed by atoms with van der Waals surface area (Å²) >= 11 is 0. The highest BCUT2D eigenvalue weighted by molar-refractivity contribution is 5.40. The highest BCUT2D eigenvalue weighted by Crippen LogP contribution is 2.42. The van der Waals surface area contributed by atoms with Gasteiger partial charge in [0.15, 0.2) is 0 Å². The summed E-state index contributed by atoms with van der Waals surface area (Å²) < 4.78 is 41.0. The molecule has 0 N–H and O–H groups in total. The number of aryl methyl sites for hydroxylation is 1. The first-order valence-electron chi connectivity index (χ1n) is 18.7. The molecule has 1 aliphatic heterocycles. The third-order valence-corrected chi connectivity index (χ3v) is 9.59. The lowest BCUT2D eigenvalue weighted by atomic mass is 9.89. The largest absolute Gasteiger partial charge is 0.489 e. The van der Waals surface area contributed by atoms with Crippen molar-refractivity contribution in [2.75, 3.05) is 6.61 Å². The second kappa shape index (κ2) is 19.3. The predicted molar refractivity (Wildman–Crippen MR) is 211 cm³/mol. The summed E-state index contributed by atoms with van der Waals surface area (Å²) in [4.78, 5) is 0. The van der Waals surface area contributed by atoms with Gasteiger partial charge in [-0.25, -0.2) is 0 Å². The molecule has 0 spiro atoms. The molecule has 276 valence electrons. The first-order valence-corrected chi connectivity index (χ1v) is 18.7. The summed E-state index contributed by atoms with van der Waals surface area (Å²) in [5, 5.41) is 0. The van der Waals surface area contributed by atoms with Crippen molar-refractivity contribution in [2.24, 2.45) is 0 Å². The summed E-state index contributed by atoms with van der Waals surface area (Å²) in [6.07, 6.45) is -2.70. The van der Waals surface area contributed by atoms with Crippen molar-refractivity contribution in [3.8, 4) is 5.75 Å². The molecule has 1 fully saturated rings. The second-order valence-corrected chi connectivity index (χ2v) is 13.7. The van der Waals surface area contributed by atoms with Crippen LogP contribution in [0.2, 0.25) is 0 Å². The van der Waals surface area contributed by atoms with E-state index in [1.54, 1.807) is 0 Å². The fourth-order valence-corrected chi connectivity index (χ4v) is 6.80. The Hall–Kier alpha value is -5.08. The van der Waals surface area contributed by atoms with E-state index in [0.29, 0.717) is 33.0 Å². The van der Waals surface area contributed by atoms with Gasteiger partial charge in [0, 0.05) is 5.56 Å². The molecule has 0 aliphatic carbocycles. The maximum atomic E-state index is 7.21. The Morgan fingerprint density at radius 2 is 0.870 bits per heavy atom. The second-order valence-electron chi connectivity index (χ2n) is 13.7. The number of rotatable bonds is 17. The van der Waals surface area contributed by atoms with E-state index in [9.17, 15) is 0 Å². The van der Waals surface area contributed by atoms with Crippen molar-refractivity contribution in [1.82, 2.24) is 0 Å². The van der Waals surface area contributed by atoms with Crippen LogP contribution >= 0.6 is 0 Å². The lowest BCUT2D eigenvalue weighted by Crippen LogP contribution is -2.58. The van der Waals surface area contributed by atoms with E-state index in [-0.39, 0.29) is 6.61 Å². The summed E-state index contributed by atoms with van der Waals surface area (Å²) in [6.45, 7) is 4.34. The van der Waals surface area contributed by atoms with Crippen molar-refractivity contribution in [3.63, 3.8) is 0 Å². The molecule has 1 aliphatic rings. The van der Waals surface area contributed by atoms with E-state index in [1.165, 1.54) is 0 Å². The average molecular weight is 721 g/mol. The zero-order valence-electron chi connectivity index (χ0n) is 30.7. The maximum absolute atomic E-state index is 7.21. The van der Waals surface area contributed by atoms with Gasteiger partial charge >= 0.3 is 0 Å². The molecule has 6 aromatic carbocycles.